The van der Waals surface area contributed by atoms with E-state index in [1.807, 2.05) is 11.3 Å². The van der Waals surface area contributed by atoms with E-state index in [1.165, 1.54) is 0 Å². The van der Waals surface area contributed by atoms with E-state index >= 15 is 0 Å². The van der Waals surface area contributed by atoms with E-state index in [9.17, 15) is 13.2 Å². The van der Waals surface area contributed by atoms with Gasteiger partial charge in [-0.25, -0.2) is 8.42 Å². The number of rotatable bonds is 0. The molecule has 10 heavy (non-hydrogen) atoms. The lowest BCUT2D eigenvalue weighted by Gasteiger charge is -1.92. The molecule has 0 fully saturated rings. The molecule has 0 bridgehead atoms. The monoisotopic (exact) mass is 160 g/mol. The normalized spacial score (nSPS) is 17.7. The van der Waals surface area contributed by atoms with Crippen molar-refractivity contribution in [2.24, 2.45) is 4.99 Å². The van der Waals surface area contributed by atoms with Crippen molar-refractivity contribution in [3.8, 4) is 0 Å². The van der Waals surface area contributed by atoms with E-state index in [0.717, 1.165) is 6.26 Å². The standard InChI is InChI=1S/C4H4N2O3S/c1-10(8,9)4-3(7)5-2-6-4/h5H,1H3. The molecular weight excluding hydrogens is 156 g/mol. The Morgan fingerprint density at radius 2 is 2.20 bits per heavy atom. The molecule has 0 saturated heterocycles. The van der Waals surface area contributed by atoms with Crippen LogP contribution in [0.4, 0.5) is 0 Å². The summed E-state index contributed by atoms with van der Waals surface area (Å²) in [5.41, 5.74) is 0. The lowest BCUT2D eigenvalue weighted by atomic mass is 10.7. The van der Waals surface area contributed by atoms with Gasteiger partial charge in [0.05, 0.1) is 0 Å². The molecule has 0 aromatic carbocycles. The Kier molecular flexibility index (Phi) is 1.40. The molecule has 1 amide bonds. The summed E-state index contributed by atoms with van der Waals surface area (Å²) >= 11 is 0. The number of hydrogen-bond donors (Lipinski definition) is 1. The summed E-state index contributed by atoms with van der Waals surface area (Å²) in [6.45, 7) is 0. The molecule has 6 heteroatoms. The predicted molar refractivity (Wildman–Crippen MR) is 33.3 cm³/mol. The first-order valence-electron chi connectivity index (χ1n) is 2.35. The summed E-state index contributed by atoms with van der Waals surface area (Å²) in [5, 5.41) is -0.479. The molecule has 0 unspecified atom stereocenters. The van der Waals surface area contributed by atoms with E-state index in [-0.39, 0.29) is 0 Å². The van der Waals surface area contributed by atoms with Crippen molar-refractivity contribution in [2.45, 2.75) is 0 Å². The van der Waals surface area contributed by atoms with Gasteiger partial charge in [-0.1, -0.05) is 0 Å². The Balaban J connectivity index is 3.12. The zero-order chi connectivity index (χ0) is 7.78. The minimum absolute atomic E-state index is 0.479. The van der Waals surface area contributed by atoms with E-state index in [0.29, 0.717) is 0 Å². The van der Waals surface area contributed by atoms with Crippen LogP contribution >= 0.6 is 0 Å². The molecule has 0 aromatic rings. The number of carbonyl (C=O) groups is 1. The smallest absolute Gasteiger partial charge is 0.248 e. The highest BCUT2D eigenvalue weighted by Crippen LogP contribution is 1.88. The molecule has 0 aromatic heterocycles. The highest BCUT2D eigenvalue weighted by Gasteiger charge is 2.20. The van der Waals surface area contributed by atoms with Gasteiger partial charge >= 0.3 is 0 Å². The molecule has 1 rings (SSSR count). The molecule has 1 N–H and O–H groups in total. The number of amides is 1. The summed E-state index contributed by atoms with van der Waals surface area (Å²) in [6.07, 6.45) is 2.95. The maximum Gasteiger partial charge on any atom is 0.248 e. The second-order valence-electron chi connectivity index (χ2n) is 1.76. The highest BCUT2D eigenvalue weighted by atomic mass is 32.2. The molecule has 1 heterocycles. The second kappa shape index (κ2) is 1.98. The summed E-state index contributed by atoms with van der Waals surface area (Å²) in [4.78, 5) is 15.7. The lowest BCUT2D eigenvalue weighted by molar-refractivity contribution is -0.360. The van der Waals surface area contributed by atoms with E-state index in [4.69, 9.17) is 0 Å². The van der Waals surface area contributed by atoms with E-state index in [2.05, 4.69) is 4.99 Å². The van der Waals surface area contributed by atoms with Crippen molar-refractivity contribution in [3.05, 3.63) is 0 Å². The van der Waals surface area contributed by atoms with Gasteiger partial charge < -0.3 is 9.79 Å². The van der Waals surface area contributed by atoms with Gasteiger partial charge in [0.15, 0.2) is 14.9 Å². The second-order valence-corrected chi connectivity index (χ2v) is 3.69. The number of carbonyl (C=O) groups excluding carboxylic acids is 1. The molecule has 5 nitrogen and oxygen atoms in total. The van der Waals surface area contributed by atoms with Crippen LogP contribution in [0.25, 0.3) is 0 Å². The minimum atomic E-state index is -3.48. The SMILES string of the molecule is CS(=O)(=O)C1=N[C-]=[NH+]C1=O. The van der Waals surface area contributed by atoms with Gasteiger partial charge in [-0.15, -0.1) is 0 Å². The third kappa shape index (κ3) is 1.10. The van der Waals surface area contributed by atoms with Crippen LogP contribution in [0.1, 0.15) is 0 Å². The Bertz CT molecular complexity index is 324. The molecule has 1 aliphatic rings. The number of aliphatic imine (C=N–C) groups is 1. The molecule has 0 radical (unpaired) electrons. The third-order valence-corrected chi connectivity index (χ3v) is 1.85. The first-order valence-corrected chi connectivity index (χ1v) is 4.24. The number of sulfone groups is 1. The van der Waals surface area contributed by atoms with Crippen LogP contribution in [0.3, 0.4) is 0 Å². The largest absolute Gasteiger partial charge is 0.328 e. The van der Waals surface area contributed by atoms with Gasteiger partial charge in [0.2, 0.25) is 12.2 Å². The topological polar surface area (TPSA) is 77.5 Å². The van der Waals surface area contributed by atoms with E-state index in [1.54, 1.807) is 0 Å². The van der Waals surface area contributed by atoms with Gasteiger partial charge in [-0.3, -0.25) is 0 Å². The van der Waals surface area contributed by atoms with Gasteiger partial charge in [-0.05, 0) is 0 Å². The first kappa shape index (κ1) is 7.07. The van der Waals surface area contributed by atoms with Gasteiger partial charge in [-0.2, -0.15) is 4.99 Å². The lowest BCUT2D eigenvalue weighted by Crippen LogP contribution is -2.73. The van der Waals surface area contributed by atoms with Gasteiger partial charge in [0.1, 0.15) is 0 Å². The van der Waals surface area contributed by atoms with E-state index < -0.39 is 20.8 Å². The van der Waals surface area contributed by atoms with Crippen molar-refractivity contribution in [1.29, 1.82) is 0 Å². The maximum atomic E-state index is 10.6. The van der Waals surface area contributed by atoms with Gasteiger partial charge in [0, 0.05) is 6.26 Å². The zero-order valence-corrected chi connectivity index (χ0v) is 5.90. The van der Waals surface area contributed by atoms with Crippen molar-refractivity contribution >= 4 is 27.1 Å². The fraction of sp³-hybridized carbons (Fsp3) is 0.250. The quantitative estimate of drug-likeness (QED) is 0.382. The van der Waals surface area contributed by atoms with Crippen LogP contribution in [0.2, 0.25) is 0 Å². The van der Waals surface area contributed by atoms with Crippen LogP contribution < -0.4 is 4.99 Å². The summed E-state index contributed by atoms with van der Waals surface area (Å²) in [5.74, 6) is -0.720. The molecule has 0 saturated carbocycles. The number of nitrogens with zero attached hydrogens (tertiary/aromatic N) is 1. The fourth-order valence-electron chi connectivity index (χ4n) is 0.485. The van der Waals surface area contributed by atoms with Crippen LogP contribution in [0.5, 0.6) is 0 Å². The zero-order valence-electron chi connectivity index (χ0n) is 5.08. The summed E-state index contributed by atoms with van der Waals surface area (Å²) in [7, 11) is -3.48. The van der Waals surface area contributed by atoms with Crippen molar-refractivity contribution in [3.63, 3.8) is 0 Å². The average molecular weight is 160 g/mol. The molecule has 0 aliphatic carbocycles. The molecule has 54 valence electrons. The third-order valence-electron chi connectivity index (χ3n) is 0.872. The fourth-order valence-corrected chi connectivity index (χ4v) is 1.08. The van der Waals surface area contributed by atoms with Crippen molar-refractivity contribution in [2.75, 3.05) is 6.26 Å². The molecule has 1 aliphatic heterocycles. The van der Waals surface area contributed by atoms with Crippen LogP contribution in [0.15, 0.2) is 4.99 Å². The van der Waals surface area contributed by atoms with Crippen molar-refractivity contribution < 1.29 is 18.2 Å². The van der Waals surface area contributed by atoms with Crippen LogP contribution in [-0.4, -0.2) is 32.0 Å². The Labute approximate surface area is 57.4 Å². The number of hydrogen-bond acceptors (Lipinski definition) is 4. The maximum absolute atomic E-state index is 10.6. The van der Waals surface area contributed by atoms with Gasteiger partial charge in [0.25, 0.3) is 0 Å². The predicted octanol–water partition coefficient (Wildman–Crippen LogP) is -3.04. The Hall–Kier alpha value is -1.04. The average Bonchev–Trinajstić information content (AvgIpc) is 2.11. The summed E-state index contributed by atoms with van der Waals surface area (Å²) < 4.78 is 21.2. The van der Waals surface area contributed by atoms with Crippen LogP contribution in [0, 0.1) is 0 Å². The molecular formula is C4H4N2O3S. The Morgan fingerprint density at radius 3 is 2.40 bits per heavy atom. The first-order chi connectivity index (χ1) is 4.52. The van der Waals surface area contributed by atoms with Crippen molar-refractivity contribution in [1.82, 2.24) is 0 Å². The summed E-state index contributed by atoms with van der Waals surface area (Å²) in [6, 6.07) is 0. The highest BCUT2D eigenvalue weighted by molar-refractivity contribution is 8.07. The number of nitrogens with one attached hydrogen (secondary N) is 1. The molecule has 0 atom stereocenters. The molecule has 0 spiro atoms. The Morgan fingerprint density at radius 1 is 1.60 bits per heavy atom. The van der Waals surface area contributed by atoms with Crippen LogP contribution in [-0.2, 0) is 14.6 Å². The minimum Gasteiger partial charge on any atom is -0.328 e.